The fraction of sp³-hybridized carbons (Fsp3) is 0.385. The van der Waals surface area contributed by atoms with Gasteiger partial charge in [-0.1, -0.05) is 6.92 Å². The normalized spacial score (nSPS) is 11.6. The number of carbonyl (C=O) groups is 1. The van der Waals surface area contributed by atoms with Gasteiger partial charge >= 0.3 is 0 Å². The molecule has 0 heterocycles. The number of hydrogen-bond donors (Lipinski definition) is 0. The minimum atomic E-state index is -0.880. The van der Waals surface area contributed by atoms with Crippen molar-refractivity contribution in [1.29, 1.82) is 5.26 Å². The lowest BCUT2D eigenvalue weighted by Crippen LogP contribution is -2.32. The van der Waals surface area contributed by atoms with Gasteiger partial charge in [0.25, 0.3) is 0 Å². The maximum absolute atomic E-state index is 13.8. The summed E-state index contributed by atoms with van der Waals surface area (Å²) < 4.78 is 31.9. The van der Waals surface area contributed by atoms with E-state index >= 15 is 0 Å². The van der Waals surface area contributed by atoms with Crippen molar-refractivity contribution in [3.8, 4) is 11.8 Å². The molecule has 1 unspecified atom stereocenters. The average molecular weight is 268 g/mol. The second-order valence-electron chi connectivity index (χ2n) is 3.93. The summed E-state index contributed by atoms with van der Waals surface area (Å²) in [6, 6.07) is 3.56. The molecule has 0 saturated carbocycles. The largest absolute Gasteiger partial charge is 0.494 e. The molecule has 1 rings (SSSR count). The minimum absolute atomic E-state index is 0.225. The Hall–Kier alpha value is -2.16. The lowest BCUT2D eigenvalue weighted by Gasteiger charge is -2.20. The van der Waals surface area contributed by atoms with Crippen LogP contribution in [0.5, 0.6) is 5.75 Å². The van der Waals surface area contributed by atoms with Crippen molar-refractivity contribution in [1.82, 2.24) is 0 Å². The highest BCUT2D eigenvalue weighted by Crippen LogP contribution is 2.27. The number of hydrogen-bond acceptors (Lipinski definition) is 3. The summed E-state index contributed by atoms with van der Waals surface area (Å²) in [5.74, 6) is -3.26. The second-order valence-corrected chi connectivity index (χ2v) is 3.93. The van der Waals surface area contributed by atoms with E-state index in [-0.39, 0.29) is 11.4 Å². The zero-order valence-corrected chi connectivity index (χ0v) is 10.9. The van der Waals surface area contributed by atoms with Gasteiger partial charge in [0, 0.05) is 19.2 Å². The molecule has 1 amide bonds. The number of carbonyl (C=O) groups excluding carboxylic acids is 1. The predicted molar refractivity (Wildman–Crippen MR) is 65.7 cm³/mol. The Bertz CT molecular complexity index is 526. The molecule has 0 aliphatic carbocycles. The third-order valence-electron chi connectivity index (χ3n) is 2.78. The van der Waals surface area contributed by atoms with Crippen molar-refractivity contribution < 1.29 is 18.3 Å². The Morgan fingerprint density at radius 3 is 2.58 bits per heavy atom. The van der Waals surface area contributed by atoms with E-state index in [1.54, 1.807) is 6.92 Å². The van der Waals surface area contributed by atoms with Gasteiger partial charge in [-0.3, -0.25) is 4.79 Å². The summed E-state index contributed by atoms with van der Waals surface area (Å²) in [6.07, 6.45) is 0.305. The van der Waals surface area contributed by atoms with E-state index in [4.69, 9.17) is 5.26 Å². The molecule has 0 saturated heterocycles. The van der Waals surface area contributed by atoms with E-state index < -0.39 is 23.5 Å². The van der Waals surface area contributed by atoms with Gasteiger partial charge in [0.15, 0.2) is 17.4 Å². The quantitative estimate of drug-likeness (QED) is 0.843. The van der Waals surface area contributed by atoms with Crippen LogP contribution in [-0.4, -0.2) is 20.1 Å². The van der Waals surface area contributed by atoms with Crippen LogP contribution in [-0.2, 0) is 4.79 Å². The summed E-state index contributed by atoms with van der Waals surface area (Å²) in [5.41, 5.74) is -0.225. The Balaban J connectivity index is 3.14. The fourth-order valence-electron chi connectivity index (χ4n) is 1.61. The topological polar surface area (TPSA) is 53.3 Å². The average Bonchev–Trinajstić information content (AvgIpc) is 2.41. The highest BCUT2D eigenvalue weighted by Gasteiger charge is 2.24. The smallest absolute Gasteiger partial charge is 0.244 e. The van der Waals surface area contributed by atoms with Crippen LogP contribution in [0.1, 0.15) is 13.3 Å². The third kappa shape index (κ3) is 2.99. The molecule has 0 spiro atoms. The lowest BCUT2D eigenvalue weighted by molar-refractivity contribution is -0.120. The summed E-state index contributed by atoms with van der Waals surface area (Å²) in [5, 5.41) is 8.81. The molecule has 102 valence electrons. The Labute approximate surface area is 110 Å². The summed E-state index contributed by atoms with van der Waals surface area (Å²) in [4.78, 5) is 12.8. The molecular formula is C13H14F2N2O2. The van der Waals surface area contributed by atoms with E-state index in [1.807, 2.05) is 6.07 Å². The van der Waals surface area contributed by atoms with Gasteiger partial charge in [0.05, 0.1) is 18.9 Å². The molecular weight excluding hydrogens is 254 g/mol. The van der Waals surface area contributed by atoms with Crippen molar-refractivity contribution in [3.63, 3.8) is 0 Å². The van der Waals surface area contributed by atoms with Crippen LogP contribution in [0.3, 0.4) is 0 Å². The monoisotopic (exact) mass is 268 g/mol. The maximum Gasteiger partial charge on any atom is 0.244 e. The first kappa shape index (κ1) is 14.9. The zero-order chi connectivity index (χ0) is 14.6. The first-order valence-corrected chi connectivity index (χ1v) is 5.66. The zero-order valence-electron chi connectivity index (χ0n) is 10.9. The number of amides is 1. The number of benzene rings is 1. The van der Waals surface area contributed by atoms with E-state index in [1.165, 1.54) is 14.2 Å². The van der Waals surface area contributed by atoms with E-state index in [9.17, 15) is 13.6 Å². The molecule has 0 aliphatic rings. The van der Waals surface area contributed by atoms with Crippen LogP contribution in [0.4, 0.5) is 14.5 Å². The number of nitrogens with zero attached hydrogens (tertiary/aromatic N) is 2. The summed E-state index contributed by atoms with van der Waals surface area (Å²) in [6.45, 7) is 1.67. The predicted octanol–water partition coefficient (Wildman–Crippen LogP) is 2.49. The molecule has 0 fully saturated rings. The van der Waals surface area contributed by atoms with E-state index in [0.29, 0.717) is 6.42 Å². The SMILES string of the molecule is CCC(C#N)C(=O)N(C)c1cc(F)c(OC)cc1F. The molecule has 0 aliphatic heterocycles. The molecule has 1 aromatic rings. The number of ether oxygens (including phenoxy) is 1. The van der Waals surface area contributed by atoms with Crippen LogP contribution in [0.25, 0.3) is 0 Å². The van der Waals surface area contributed by atoms with Crippen molar-refractivity contribution in [2.45, 2.75) is 13.3 Å². The molecule has 0 N–H and O–H groups in total. The number of anilines is 1. The molecule has 0 bridgehead atoms. The van der Waals surface area contributed by atoms with Crippen LogP contribution < -0.4 is 9.64 Å². The molecule has 1 aromatic carbocycles. The molecule has 0 aromatic heterocycles. The number of nitriles is 1. The molecule has 4 nitrogen and oxygen atoms in total. The van der Waals surface area contributed by atoms with Crippen LogP contribution in [0.15, 0.2) is 12.1 Å². The van der Waals surface area contributed by atoms with E-state index in [0.717, 1.165) is 17.0 Å². The number of rotatable bonds is 4. The molecule has 19 heavy (non-hydrogen) atoms. The van der Waals surface area contributed by atoms with Crippen LogP contribution in [0.2, 0.25) is 0 Å². The van der Waals surface area contributed by atoms with Gasteiger partial charge in [-0.15, -0.1) is 0 Å². The van der Waals surface area contributed by atoms with E-state index in [2.05, 4.69) is 4.74 Å². The van der Waals surface area contributed by atoms with Crippen LogP contribution in [0, 0.1) is 28.9 Å². The van der Waals surface area contributed by atoms with Crippen molar-refractivity contribution in [2.24, 2.45) is 5.92 Å². The summed E-state index contributed by atoms with van der Waals surface area (Å²) >= 11 is 0. The first-order valence-electron chi connectivity index (χ1n) is 5.66. The third-order valence-corrected chi connectivity index (χ3v) is 2.78. The number of halogens is 2. The van der Waals surface area contributed by atoms with Crippen LogP contribution >= 0.6 is 0 Å². The minimum Gasteiger partial charge on any atom is -0.494 e. The van der Waals surface area contributed by atoms with Crippen molar-refractivity contribution >= 4 is 11.6 Å². The van der Waals surface area contributed by atoms with Gasteiger partial charge in [0.2, 0.25) is 5.91 Å². The first-order chi connectivity index (χ1) is 8.96. The second kappa shape index (κ2) is 6.14. The van der Waals surface area contributed by atoms with Crippen molar-refractivity contribution in [2.75, 3.05) is 19.1 Å². The van der Waals surface area contributed by atoms with Gasteiger partial charge < -0.3 is 9.64 Å². The van der Waals surface area contributed by atoms with Gasteiger partial charge in [-0.25, -0.2) is 8.78 Å². The molecule has 0 radical (unpaired) electrons. The molecule has 1 atom stereocenters. The van der Waals surface area contributed by atoms with Gasteiger partial charge in [-0.05, 0) is 6.42 Å². The van der Waals surface area contributed by atoms with Gasteiger partial charge in [-0.2, -0.15) is 5.26 Å². The number of methoxy groups -OCH3 is 1. The Morgan fingerprint density at radius 2 is 2.11 bits per heavy atom. The van der Waals surface area contributed by atoms with Gasteiger partial charge in [0.1, 0.15) is 5.92 Å². The lowest BCUT2D eigenvalue weighted by atomic mass is 10.1. The fourth-order valence-corrected chi connectivity index (χ4v) is 1.61. The maximum atomic E-state index is 13.8. The molecule has 6 heteroatoms. The summed E-state index contributed by atoms with van der Waals surface area (Å²) in [7, 11) is 2.52. The Kier molecular flexibility index (Phi) is 4.81. The highest BCUT2D eigenvalue weighted by molar-refractivity contribution is 5.96. The van der Waals surface area contributed by atoms with Crippen molar-refractivity contribution in [3.05, 3.63) is 23.8 Å². The standard InChI is InChI=1S/C13H14F2N2O2/c1-4-8(7-16)13(18)17(2)11-5-10(15)12(19-3)6-9(11)14/h5-6,8H,4H2,1-3H3. The Morgan fingerprint density at radius 1 is 1.47 bits per heavy atom. The highest BCUT2D eigenvalue weighted by atomic mass is 19.1.